The summed E-state index contributed by atoms with van der Waals surface area (Å²) in [5, 5.41) is 0. The molecule has 0 nitrogen and oxygen atoms in total. The highest BCUT2D eigenvalue weighted by atomic mass is 32.1. The molecule has 1 atom stereocenters. The molecule has 1 rings (SSSR count). The lowest BCUT2D eigenvalue weighted by Gasteiger charge is -2.02. The molecule has 0 bridgehead atoms. The first-order valence-electron chi connectivity index (χ1n) is 5.65. The highest BCUT2D eigenvalue weighted by Crippen LogP contribution is 2.31. The predicted molar refractivity (Wildman–Crippen MR) is 72.4 cm³/mol. The zero-order valence-corrected chi connectivity index (χ0v) is 10.7. The van der Waals surface area contributed by atoms with E-state index in [1.54, 1.807) is 0 Å². The predicted octanol–water partition coefficient (Wildman–Crippen LogP) is 5.33. The second-order valence-electron chi connectivity index (χ2n) is 3.79. The van der Waals surface area contributed by atoms with Crippen molar-refractivity contribution in [2.75, 3.05) is 0 Å². The Labute approximate surface area is 97.3 Å². The average Bonchev–Trinajstić information content (AvgIpc) is 2.68. The van der Waals surface area contributed by atoms with Gasteiger partial charge in [-0.15, -0.1) is 11.3 Å². The van der Waals surface area contributed by atoms with Crippen LogP contribution in [0.2, 0.25) is 0 Å². The number of hydrogen-bond acceptors (Lipinski definition) is 1. The summed E-state index contributed by atoms with van der Waals surface area (Å²) < 4.78 is 0. The molecule has 1 heteroatoms. The molecule has 1 aromatic heterocycles. The molecule has 0 saturated heterocycles. The number of thiophene rings is 1. The van der Waals surface area contributed by atoms with E-state index in [9.17, 15) is 0 Å². The van der Waals surface area contributed by atoms with E-state index in [-0.39, 0.29) is 0 Å². The Kier molecular flexibility index (Phi) is 4.83. The van der Waals surface area contributed by atoms with Gasteiger partial charge in [0.05, 0.1) is 0 Å². The van der Waals surface area contributed by atoms with Crippen molar-refractivity contribution in [3.8, 4) is 0 Å². The van der Waals surface area contributed by atoms with Gasteiger partial charge in [0.1, 0.15) is 0 Å². The Morgan fingerprint density at radius 3 is 2.73 bits per heavy atom. The van der Waals surface area contributed by atoms with Crippen LogP contribution in [0, 0.1) is 0 Å². The summed E-state index contributed by atoms with van der Waals surface area (Å²) in [6, 6.07) is 2.31. The van der Waals surface area contributed by atoms with E-state index < -0.39 is 0 Å². The molecule has 82 valence electrons. The van der Waals surface area contributed by atoms with Crippen molar-refractivity contribution < 1.29 is 0 Å². The molecule has 1 aromatic rings. The van der Waals surface area contributed by atoms with Gasteiger partial charge in [-0.05, 0) is 30.4 Å². The third-order valence-electron chi connectivity index (χ3n) is 2.63. The van der Waals surface area contributed by atoms with Gasteiger partial charge in [0.25, 0.3) is 0 Å². The molecular formula is C14H20S. The molecule has 1 unspecified atom stereocenters. The zero-order valence-electron chi connectivity index (χ0n) is 9.92. The first-order chi connectivity index (χ1) is 7.22. The first-order valence-corrected chi connectivity index (χ1v) is 6.47. The standard InChI is InChI=1S/C14H20S/c1-5-8-9-12-10-14(11(4)6-2)15-13(12)7-3/h7-11H,3,5-6H2,1-2,4H3/b9-8-. The Morgan fingerprint density at radius 1 is 1.47 bits per heavy atom. The van der Waals surface area contributed by atoms with Gasteiger partial charge in [0, 0.05) is 9.75 Å². The number of rotatable bonds is 5. The van der Waals surface area contributed by atoms with Crippen molar-refractivity contribution in [2.45, 2.75) is 39.5 Å². The number of hydrogen-bond donors (Lipinski definition) is 0. The number of allylic oxidation sites excluding steroid dienone is 1. The van der Waals surface area contributed by atoms with E-state index >= 15 is 0 Å². The highest BCUT2D eigenvalue weighted by Gasteiger charge is 2.09. The Hall–Kier alpha value is -0.820. The fourth-order valence-electron chi connectivity index (χ4n) is 1.42. The first kappa shape index (κ1) is 12.3. The van der Waals surface area contributed by atoms with Crippen LogP contribution in [0.3, 0.4) is 0 Å². The second-order valence-corrected chi connectivity index (χ2v) is 4.91. The molecule has 0 aliphatic heterocycles. The minimum Gasteiger partial charge on any atom is -0.140 e. The summed E-state index contributed by atoms with van der Waals surface area (Å²) in [5.74, 6) is 0.664. The van der Waals surface area contributed by atoms with Crippen LogP contribution in [-0.4, -0.2) is 0 Å². The third kappa shape index (κ3) is 3.07. The summed E-state index contributed by atoms with van der Waals surface area (Å²) in [5.41, 5.74) is 1.33. The topological polar surface area (TPSA) is 0 Å². The van der Waals surface area contributed by atoms with Crippen molar-refractivity contribution in [3.05, 3.63) is 34.0 Å². The maximum atomic E-state index is 3.87. The lowest BCUT2D eigenvalue weighted by atomic mass is 10.1. The van der Waals surface area contributed by atoms with Crippen LogP contribution in [-0.2, 0) is 0 Å². The quantitative estimate of drug-likeness (QED) is 0.629. The molecule has 0 aliphatic carbocycles. The molecule has 0 spiro atoms. The van der Waals surface area contributed by atoms with Crippen LogP contribution in [0.5, 0.6) is 0 Å². The van der Waals surface area contributed by atoms with Crippen LogP contribution in [0.4, 0.5) is 0 Å². The van der Waals surface area contributed by atoms with Crippen molar-refractivity contribution in [1.82, 2.24) is 0 Å². The van der Waals surface area contributed by atoms with Gasteiger partial charge in [-0.3, -0.25) is 0 Å². The van der Waals surface area contributed by atoms with Crippen molar-refractivity contribution in [1.29, 1.82) is 0 Å². The molecule has 15 heavy (non-hydrogen) atoms. The second kappa shape index (κ2) is 5.92. The highest BCUT2D eigenvalue weighted by molar-refractivity contribution is 7.13. The van der Waals surface area contributed by atoms with Crippen LogP contribution < -0.4 is 0 Å². The minimum atomic E-state index is 0.664. The molecular weight excluding hydrogens is 200 g/mol. The molecule has 0 N–H and O–H groups in total. The fraction of sp³-hybridized carbons (Fsp3) is 0.429. The van der Waals surface area contributed by atoms with Gasteiger partial charge in [0.2, 0.25) is 0 Å². The van der Waals surface area contributed by atoms with Crippen LogP contribution >= 0.6 is 11.3 Å². The maximum absolute atomic E-state index is 3.87. The molecule has 0 aliphatic rings. The van der Waals surface area contributed by atoms with Gasteiger partial charge in [-0.2, -0.15) is 0 Å². The van der Waals surface area contributed by atoms with E-state index in [0.717, 1.165) is 6.42 Å². The normalized spacial score (nSPS) is 13.3. The minimum absolute atomic E-state index is 0.664. The van der Waals surface area contributed by atoms with E-state index in [0.29, 0.717) is 5.92 Å². The van der Waals surface area contributed by atoms with Crippen LogP contribution in [0.1, 0.15) is 54.8 Å². The molecule has 0 amide bonds. The molecule has 0 fully saturated rings. The van der Waals surface area contributed by atoms with Crippen molar-refractivity contribution >= 4 is 23.5 Å². The molecule has 0 saturated carbocycles. The summed E-state index contributed by atoms with van der Waals surface area (Å²) in [6.07, 6.45) is 8.67. The van der Waals surface area contributed by atoms with E-state index in [1.807, 2.05) is 17.4 Å². The maximum Gasteiger partial charge on any atom is 0.0339 e. The van der Waals surface area contributed by atoms with E-state index in [1.165, 1.54) is 21.7 Å². The fourth-order valence-corrected chi connectivity index (χ4v) is 2.55. The van der Waals surface area contributed by atoms with Gasteiger partial charge in [-0.25, -0.2) is 0 Å². The van der Waals surface area contributed by atoms with Crippen LogP contribution in [0.15, 0.2) is 18.7 Å². The smallest absolute Gasteiger partial charge is 0.0339 e. The average molecular weight is 220 g/mol. The Bertz CT molecular complexity index is 344. The SMILES string of the molecule is C=Cc1sc(C(C)CC)cc1/C=C\CC. The monoisotopic (exact) mass is 220 g/mol. The third-order valence-corrected chi connectivity index (χ3v) is 4.00. The van der Waals surface area contributed by atoms with Crippen molar-refractivity contribution in [2.24, 2.45) is 0 Å². The molecule has 0 radical (unpaired) electrons. The van der Waals surface area contributed by atoms with E-state index in [2.05, 4.69) is 45.6 Å². The van der Waals surface area contributed by atoms with Crippen molar-refractivity contribution in [3.63, 3.8) is 0 Å². The van der Waals surface area contributed by atoms with Gasteiger partial charge in [-0.1, -0.05) is 45.6 Å². The summed E-state index contributed by atoms with van der Waals surface area (Å²) >= 11 is 1.87. The summed E-state index contributed by atoms with van der Waals surface area (Å²) in [7, 11) is 0. The van der Waals surface area contributed by atoms with Gasteiger partial charge >= 0.3 is 0 Å². The summed E-state index contributed by atoms with van der Waals surface area (Å²) in [6.45, 7) is 10.6. The van der Waals surface area contributed by atoms with Gasteiger partial charge < -0.3 is 0 Å². The van der Waals surface area contributed by atoms with Gasteiger partial charge in [0.15, 0.2) is 0 Å². The molecule has 0 aromatic carbocycles. The summed E-state index contributed by atoms with van der Waals surface area (Å²) in [4.78, 5) is 2.78. The molecule has 1 heterocycles. The lowest BCUT2D eigenvalue weighted by molar-refractivity contribution is 0.748. The van der Waals surface area contributed by atoms with E-state index in [4.69, 9.17) is 0 Å². The largest absolute Gasteiger partial charge is 0.140 e. The Morgan fingerprint density at radius 2 is 2.20 bits per heavy atom. The van der Waals surface area contributed by atoms with Crippen LogP contribution in [0.25, 0.3) is 12.2 Å². The lowest BCUT2D eigenvalue weighted by Crippen LogP contribution is -1.84. The Balaban J connectivity index is 2.99. The zero-order chi connectivity index (χ0) is 11.3.